The number of allylic oxidation sites excluding steroid dienone is 4. The summed E-state index contributed by atoms with van der Waals surface area (Å²) < 4.78 is 17.0. The minimum Gasteiger partial charge on any atom is -0.462 e. The minimum atomic E-state index is -0.767. The zero-order valence-electron chi connectivity index (χ0n) is 55.8. The Labute approximate surface area is 513 Å². The summed E-state index contributed by atoms with van der Waals surface area (Å²) in [5, 5.41) is 0. The molecule has 0 fully saturated rings. The smallest absolute Gasteiger partial charge is 0.306 e. The largest absolute Gasteiger partial charge is 0.462 e. The summed E-state index contributed by atoms with van der Waals surface area (Å²) in [5.41, 5.74) is 0. The highest BCUT2D eigenvalue weighted by molar-refractivity contribution is 5.71. The van der Waals surface area contributed by atoms with Crippen molar-refractivity contribution in [1.29, 1.82) is 0 Å². The van der Waals surface area contributed by atoms with E-state index in [1.54, 1.807) is 0 Å². The lowest BCUT2D eigenvalue weighted by Crippen LogP contribution is -2.30. The normalized spacial score (nSPS) is 12.1. The Morgan fingerprint density at radius 2 is 0.439 bits per heavy atom. The zero-order valence-corrected chi connectivity index (χ0v) is 55.8. The first-order valence-electron chi connectivity index (χ1n) is 37.3. The molecule has 0 saturated carbocycles. The molecule has 0 bridgehead atoms. The van der Waals surface area contributed by atoms with Crippen LogP contribution in [-0.4, -0.2) is 37.2 Å². The maximum atomic E-state index is 13.0. The standard InChI is InChI=1S/C76H144O6/c1-4-7-10-13-16-19-22-25-28-30-32-34-36-37-38-39-41-42-44-46-48-51-54-57-60-63-66-69-75(78)81-72-73(71-80-74(77)68-65-62-59-56-53-50-27-24-21-18-15-12-9-6-3)82-76(79)70-67-64-61-58-55-52-49-47-45-43-40-35-33-31-29-26-23-20-17-14-11-8-5-2/h22,25,30,32,73H,4-21,23-24,26-29,31,33-72H2,1-3H3/b25-22-,32-30-. The van der Waals surface area contributed by atoms with E-state index < -0.39 is 6.10 Å². The van der Waals surface area contributed by atoms with Crippen molar-refractivity contribution in [1.82, 2.24) is 0 Å². The van der Waals surface area contributed by atoms with Crippen molar-refractivity contribution in [3.05, 3.63) is 24.3 Å². The highest BCUT2D eigenvalue weighted by atomic mass is 16.6. The van der Waals surface area contributed by atoms with E-state index in [1.807, 2.05) is 0 Å². The number of carbonyl (C=O) groups is 3. The summed E-state index contributed by atoms with van der Waals surface area (Å²) >= 11 is 0. The van der Waals surface area contributed by atoms with Gasteiger partial charge in [0, 0.05) is 19.3 Å². The van der Waals surface area contributed by atoms with E-state index in [1.165, 1.54) is 321 Å². The van der Waals surface area contributed by atoms with Crippen LogP contribution in [0.5, 0.6) is 0 Å². The molecular formula is C76H144O6. The second-order valence-electron chi connectivity index (χ2n) is 25.6. The maximum absolute atomic E-state index is 13.0. The van der Waals surface area contributed by atoms with E-state index in [2.05, 4.69) is 45.1 Å². The third-order valence-electron chi connectivity index (χ3n) is 17.2. The third kappa shape index (κ3) is 68.7. The Morgan fingerprint density at radius 3 is 0.671 bits per heavy atom. The van der Waals surface area contributed by atoms with Gasteiger partial charge < -0.3 is 14.2 Å². The molecule has 0 aliphatic heterocycles. The number of carbonyl (C=O) groups excluding carboxylic acids is 3. The summed E-state index contributed by atoms with van der Waals surface area (Å²) in [6.45, 7) is 6.72. The molecule has 1 atom stereocenters. The molecule has 0 N–H and O–H groups in total. The van der Waals surface area contributed by atoms with Gasteiger partial charge in [-0.05, 0) is 51.4 Å². The highest BCUT2D eigenvalue weighted by Gasteiger charge is 2.20. The van der Waals surface area contributed by atoms with Gasteiger partial charge in [0.25, 0.3) is 0 Å². The molecule has 1 unspecified atom stereocenters. The number of esters is 3. The predicted octanol–water partition coefficient (Wildman–Crippen LogP) is 25.7. The van der Waals surface area contributed by atoms with Crippen LogP contribution >= 0.6 is 0 Å². The summed E-state index contributed by atoms with van der Waals surface area (Å²) in [6.07, 6.45) is 87.9. The van der Waals surface area contributed by atoms with E-state index in [0.29, 0.717) is 19.3 Å². The average Bonchev–Trinajstić information content (AvgIpc) is 3.48. The Hall–Kier alpha value is -2.11. The number of hydrogen-bond donors (Lipinski definition) is 0. The van der Waals surface area contributed by atoms with Crippen LogP contribution < -0.4 is 0 Å². The molecule has 0 radical (unpaired) electrons. The molecule has 0 aromatic rings. The first kappa shape index (κ1) is 79.9. The fourth-order valence-electron chi connectivity index (χ4n) is 11.6. The number of unbranched alkanes of at least 4 members (excludes halogenated alkanes) is 55. The van der Waals surface area contributed by atoms with Crippen LogP contribution in [0.1, 0.15) is 425 Å². The molecule has 0 rings (SSSR count). The Kier molecular flexibility index (Phi) is 69.5. The Bertz CT molecular complexity index is 1320. The van der Waals surface area contributed by atoms with Crippen LogP contribution in [0.4, 0.5) is 0 Å². The molecule has 0 aromatic carbocycles. The molecule has 0 saturated heterocycles. The van der Waals surface area contributed by atoms with E-state index >= 15 is 0 Å². The molecule has 6 nitrogen and oxygen atoms in total. The van der Waals surface area contributed by atoms with Crippen molar-refractivity contribution in [3.8, 4) is 0 Å². The minimum absolute atomic E-state index is 0.0633. The monoisotopic (exact) mass is 1150 g/mol. The summed E-state index contributed by atoms with van der Waals surface area (Å²) in [6, 6.07) is 0. The third-order valence-corrected chi connectivity index (χ3v) is 17.2. The molecule has 82 heavy (non-hydrogen) atoms. The second kappa shape index (κ2) is 71.4. The lowest BCUT2D eigenvalue weighted by atomic mass is 10.0. The van der Waals surface area contributed by atoms with Gasteiger partial charge in [-0.25, -0.2) is 0 Å². The maximum Gasteiger partial charge on any atom is 0.306 e. The van der Waals surface area contributed by atoms with Gasteiger partial charge in [-0.1, -0.05) is 379 Å². The highest BCUT2D eigenvalue weighted by Crippen LogP contribution is 2.19. The van der Waals surface area contributed by atoms with Gasteiger partial charge in [0.05, 0.1) is 0 Å². The average molecular weight is 1150 g/mol. The summed E-state index contributed by atoms with van der Waals surface area (Å²) in [7, 11) is 0. The Morgan fingerprint density at radius 1 is 0.244 bits per heavy atom. The van der Waals surface area contributed by atoms with Gasteiger partial charge in [-0.15, -0.1) is 0 Å². The van der Waals surface area contributed by atoms with Gasteiger partial charge in [0.2, 0.25) is 0 Å². The van der Waals surface area contributed by atoms with E-state index in [-0.39, 0.29) is 31.1 Å². The number of hydrogen-bond acceptors (Lipinski definition) is 6. The molecule has 0 aliphatic rings. The molecule has 0 heterocycles. The lowest BCUT2D eigenvalue weighted by molar-refractivity contribution is -0.167. The molecule has 0 amide bonds. The van der Waals surface area contributed by atoms with Gasteiger partial charge in [0.15, 0.2) is 6.10 Å². The fourth-order valence-corrected chi connectivity index (χ4v) is 11.6. The Balaban J connectivity index is 4.21. The van der Waals surface area contributed by atoms with Crippen LogP contribution in [0.15, 0.2) is 24.3 Å². The van der Waals surface area contributed by atoms with Crippen LogP contribution in [0.3, 0.4) is 0 Å². The molecular weight excluding hydrogens is 1010 g/mol. The summed E-state index contributed by atoms with van der Waals surface area (Å²) in [4.78, 5) is 38.5. The van der Waals surface area contributed by atoms with E-state index in [9.17, 15) is 14.4 Å². The second-order valence-corrected chi connectivity index (χ2v) is 25.6. The van der Waals surface area contributed by atoms with Gasteiger partial charge in [-0.2, -0.15) is 0 Å². The van der Waals surface area contributed by atoms with Crippen molar-refractivity contribution in [2.45, 2.75) is 431 Å². The first-order chi connectivity index (χ1) is 40.5. The fraction of sp³-hybridized carbons (Fsp3) is 0.908. The SMILES string of the molecule is CCCCCCC/C=C\C/C=C\CCCCCCCCCCCCCCCCCC(=O)OCC(COC(=O)CCCCCCCCCCCCCCCC)OC(=O)CCCCCCCCCCCCCCCCCCCCCCCCC. The van der Waals surface area contributed by atoms with Crippen molar-refractivity contribution in [2.75, 3.05) is 13.2 Å². The van der Waals surface area contributed by atoms with Crippen molar-refractivity contribution >= 4 is 17.9 Å². The predicted molar refractivity (Wildman–Crippen MR) is 358 cm³/mol. The van der Waals surface area contributed by atoms with Crippen molar-refractivity contribution < 1.29 is 28.6 Å². The van der Waals surface area contributed by atoms with Gasteiger partial charge >= 0.3 is 17.9 Å². The van der Waals surface area contributed by atoms with Gasteiger partial charge in [0.1, 0.15) is 13.2 Å². The first-order valence-corrected chi connectivity index (χ1v) is 37.3. The van der Waals surface area contributed by atoms with Gasteiger partial charge in [-0.3, -0.25) is 14.4 Å². The quantitative estimate of drug-likeness (QED) is 0.0261. The lowest BCUT2D eigenvalue weighted by Gasteiger charge is -2.18. The number of ether oxygens (including phenoxy) is 3. The molecule has 6 heteroatoms. The van der Waals surface area contributed by atoms with Crippen LogP contribution in [0, 0.1) is 0 Å². The summed E-state index contributed by atoms with van der Waals surface area (Å²) in [5.74, 6) is -0.826. The van der Waals surface area contributed by atoms with Crippen molar-refractivity contribution in [2.24, 2.45) is 0 Å². The van der Waals surface area contributed by atoms with Crippen molar-refractivity contribution in [3.63, 3.8) is 0 Å². The van der Waals surface area contributed by atoms with E-state index in [4.69, 9.17) is 14.2 Å². The zero-order chi connectivity index (χ0) is 59.2. The molecule has 0 aromatic heterocycles. The van der Waals surface area contributed by atoms with Crippen LogP contribution in [0.25, 0.3) is 0 Å². The molecule has 0 spiro atoms. The van der Waals surface area contributed by atoms with Crippen LogP contribution in [0.2, 0.25) is 0 Å². The van der Waals surface area contributed by atoms with E-state index in [0.717, 1.165) is 64.2 Å². The molecule has 484 valence electrons. The molecule has 0 aliphatic carbocycles. The topological polar surface area (TPSA) is 78.9 Å². The van der Waals surface area contributed by atoms with Crippen LogP contribution in [-0.2, 0) is 28.6 Å². The number of rotatable bonds is 70.